The summed E-state index contributed by atoms with van der Waals surface area (Å²) in [6.07, 6.45) is 0. The number of hydrogen-bond donors (Lipinski definition) is 0. The van der Waals surface area contributed by atoms with Gasteiger partial charge in [-0.25, -0.2) is 8.42 Å². The highest BCUT2D eigenvalue weighted by atomic mass is 35.7. The van der Waals surface area contributed by atoms with E-state index in [2.05, 4.69) is 0 Å². The standard InChI is InChI=1S/C11H15ClO4S/c1-11(2,16-4)8-5-6-9(15-3)10(7-8)17(12,13)14/h5-7H,1-4H3. The van der Waals surface area contributed by atoms with Gasteiger partial charge in [0.25, 0.3) is 9.05 Å². The summed E-state index contributed by atoms with van der Waals surface area (Å²) in [4.78, 5) is -0.0516. The van der Waals surface area contributed by atoms with Crippen molar-refractivity contribution in [3.05, 3.63) is 23.8 Å². The Hall–Kier alpha value is -0.780. The Morgan fingerprint density at radius 2 is 1.82 bits per heavy atom. The lowest BCUT2D eigenvalue weighted by atomic mass is 9.98. The fourth-order valence-electron chi connectivity index (χ4n) is 1.36. The first-order valence-electron chi connectivity index (χ1n) is 4.90. The maximum Gasteiger partial charge on any atom is 0.264 e. The minimum Gasteiger partial charge on any atom is -0.495 e. The fourth-order valence-corrected chi connectivity index (χ4v) is 2.38. The maximum absolute atomic E-state index is 11.4. The van der Waals surface area contributed by atoms with E-state index >= 15 is 0 Å². The molecular formula is C11H15ClO4S. The van der Waals surface area contributed by atoms with Crippen LogP contribution >= 0.6 is 10.7 Å². The van der Waals surface area contributed by atoms with Crippen molar-refractivity contribution in [2.75, 3.05) is 14.2 Å². The molecule has 1 aromatic rings. The van der Waals surface area contributed by atoms with Crippen LogP contribution in [0.2, 0.25) is 0 Å². The Morgan fingerprint density at radius 1 is 1.24 bits per heavy atom. The zero-order valence-corrected chi connectivity index (χ0v) is 11.7. The van der Waals surface area contributed by atoms with Crippen LogP contribution in [0, 0.1) is 0 Å². The topological polar surface area (TPSA) is 52.6 Å². The van der Waals surface area contributed by atoms with Gasteiger partial charge in [0, 0.05) is 17.8 Å². The molecule has 0 amide bonds. The zero-order valence-electron chi connectivity index (χ0n) is 10.2. The fraction of sp³-hybridized carbons (Fsp3) is 0.455. The third kappa shape index (κ3) is 3.12. The lowest BCUT2D eigenvalue weighted by Crippen LogP contribution is -2.19. The largest absolute Gasteiger partial charge is 0.495 e. The first kappa shape index (κ1) is 14.3. The van der Waals surface area contributed by atoms with Gasteiger partial charge in [0.1, 0.15) is 10.6 Å². The summed E-state index contributed by atoms with van der Waals surface area (Å²) in [5, 5.41) is 0. The monoisotopic (exact) mass is 278 g/mol. The van der Waals surface area contributed by atoms with Gasteiger partial charge in [-0.15, -0.1) is 0 Å². The number of benzene rings is 1. The lowest BCUT2D eigenvalue weighted by Gasteiger charge is -2.24. The van der Waals surface area contributed by atoms with Gasteiger partial charge >= 0.3 is 0 Å². The van der Waals surface area contributed by atoms with Crippen LogP contribution in [0.25, 0.3) is 0 Å². The molecule has 0 aliphatic rings. The van der Waals surface area contributed by atoms with Gasteiger partial charge in [-0.3, -0.25) is 0 Å². The Labute approximate surface area is 106 Å². The summed E-state index contributed by atoms with van der Waals surface area (Å²) in [7, 11) is 4.46. The molecule has 0 radical (unpaired) electrons. The molecule has 0 aromatic heterocycles. The van der Waals surface area contributed by atoms with Crippen molar-refractivity contribution in [3.8, 4) is 5.75 Å². The molecule has 4 nitrogen and oxygen atoms in total. The van der Waals surface area contributed by atoms with E-state index in [4.69, 9.17) is 20.2 Å². The summed E-state index contributed by atoms with van der Waals surface area (Å²) in [6.45, 7) is 3.67. The van der Waals surface area contributed by atoms with Crippen molar-refractivity contribution in [2.24, 2.45) is 0 Å². The molecule has 0 aliphatic heterocycles. The molecule has 0 N–H and O–H groups in total. The lowest BCUT2D eigenvalue weighted by molar-refractivity contribution is 0.0190. The minimum absolute atomic E-state index is 0.0516. The molecule has 0 spiro atoms. The highest BCUT2D eigenvalue weighted by Gasteiger charge is 2.24. The summed E-state index contributed by atoms with van der Waals surface area (Å²) in [5.41, 5.74) is 0.114. The molecule has 0 saturated carbocycles. The molecule has 0 bridgehead atoms. The van der Waals surface area contributed by atoms with Gasteiger partial charge in [0.2, 0.25) is 0 Å². The predicted molar refractivity (Wildman–Crippen MR) is 66.1 cm³/mol. The van der Waals surface area contributed by atoms with Crippen molar-refractivity contribution in [1.29, 1.82) is 0 Å². The number of methoxy groups -OCH3 is 2. The van der Waals surface area contributed by atoms with Gasteiger partial charge in [-0.05, 0) is 31.5 Å². The maximum atomic E-state index is 11.4. The summed E-state index contributed by atoms with van der Waals surface area (Å²) in [6, 6.07) is 4.77. The van der Waals surface area contributed by atoms with Gasteiger partial charge in [-0.1, -0.05) is 6.07 Å². The highest BCUT2D eigenvalue weighted by Crippen LogP contribution is 2.32. The Kier molecular flexibility index (Phi) is 4.06. The summed E-state index contributed by atoms with van der Waals surface area (Å²) >= 11 is 0. The third-order valence-electron chi connectivity index (χ3n) is 2.63. The average Bonchev–Trinajstić information content (AvgIpc) is 2.27. The van der Waals surface area contributed by atoms with Crippen LogP contribution in [0.1, 0.15) is 19.4 Å². The molecule has 0 heterocycles. The zero-order chi connectivity index (χ0) is 13.3. The third-order valence-corrected chi connectivity index (χ3v) is 3.97. The molecule has 1 rings (SSSR count). The van der Waals surface area contributed by atoms with Crippen molar-refractivity contribution in [2.45, 2.75) is 24.3 Å². The Bertz CT molecular complexity index is 508. The number of halogens is 1. The van der Waals surface area contributed by atoms with E-state index in [1.165, 1.54) is 13.2 Å². The highest BCUT2D eigenvalue weighted by molar-refractivity contribution is 8.13. The van der Waals surface area contributed by atoms with Crippen LogP contribution in [0.5, 0.6) is 5.75 Å². The van der Waals surface area contributed by atoms with E-state index in [1.54, 1.807) is 19.2 Å². The van der Waals surface area contributed by atoms with E-state index in [-0.39, 0.29) is 10.6 Å². The van der Waals surface area contributed by atoms with Crippen molar-refractivity contribution < 1.29 is 17.9 Å². The van der Waals surface area contributed by atoms with Crippen LogP contribution in [-0.4, -0.2) is 22.6 Å². The SMILES string of the molecule is COc1ccc(C(C)(C)OC)cc1S(=O)(=O)Cl. The van der Waals surface area contributed by atoms with Gasteiger partial charge in [-0.2, -0.15) is 0 Å². The van der Waals surface area contributed by atoms with Crippen LogP contribution < -0.4 is 4.74 Å². The second-order valence-corrected chi connectivity index (χ2v) is 6.55. The molecule has 1 aromatic carbocycles. The molecule has 0 atom stereocenters. The normalized spacial score (nSPS) is 12.5. The van der Waals surface area contributed by atoms with E-state index < -0.39 is 14.7 Å². The van der Waals surface area contributed by atoms with E-state index in [0.29, 0.717) is 5.56 Å². The van der Waals surface area contributed by atoms with E-state index in [0.717, 1.165) is 0 Å². The first-order chi connectivity index (χ1) is 7.72. The molecular weight excluding hydrogens is 264 g/mol. The molecule has 0 saturated heterocycles. The molecule has 6 heteroatoms. The number of hydrogen-bond acceptors (Lipinski definition) is 4. The summed E-state index contributed by atoms with van der Waals surface area (Å²) < 4.78 is 33.1. The van der Waals surface area contributed by atoms with Gasteiger partial charge in [0.05, 0.1) is 12.7 Å². The molecule has 0 unspecified atom stereocenters. The second kappa shape index (κ2) is 4.84. The average molecular weight is 279 g/mol. The Balaban J connectivity index is 3.43. The Morgan fingerprint density at radius 3 is 2.24 bits per heavy atom. The van der Waals surface area contributed by atoms with Crippen LogP contribution in [0.4, 0.5) is 0 Å². The van der Waals surface area contributed by atoms with Crippen LogP contribution in [0.3, 0.4) is 0 Å². The predicted octanol–water partition coefficient (Wildman–Crippen LogP) is 2.50. The van der Waals surface area contributed by atoms with E-state index in [1.807, 2.05) is 13.8 Å². The minimum atomic E-state index is -3.84. The first-order valence-corrected chi connectivity index (χ1v) is 7.21. The molecule has 17 heavy (non-hydrogen) atoms. The second-order valence-electron chi connectivity index (χ2n) is 4.02. The molecule has 96 valence electrons. The van der Waals surface area contributed by atoms with Crippen molar-refractivity contribution >= 4 is 19.7 Å². The van der Waals surface area contributed by atoms with Crippen LogP contribution in [0.15, 0.2) is 23.1 Å². The summed E-state index contributed by atoms with van der Waals surface area (Å²) in [5.74, 6) is 0.218. The van der Waals surface area contributed by atoms with Crippen molar-refractivity contribution in [3.63, 3.8) is 0 Å². The molecule has 0 fully saturated rings. The van der Waals surface area contributed by atoms with Crippen LogP contribution in [-0.2, 0) is 19.4 Å². The number of rotatable bonds is 4. The van der Waals surface area contributed by atoms with Gasteiger partial charge < -0.3 is 9.47 Å². The van der Waals surface area contributed by atoms with Gasteiger partial charge in [0.15, 0.2) is 0 Å². The van der Waals surface area contributed by atoms with E-state index in [9.17, 15) is 8.42 Å². The molecule has 0 aliphatic carbocycles. The smallest absolute Gasteiger partial charge is 0.264 e. The van der Waals surface area contributed by atoms with Crippen molar-refractivity contribution in [1.82, 2.24) is 0 Å². The number of ether oxygens (including phenoxy) is 2. The quantitative estimate of drug-likeness (QED) is 0.794.